The molecule has 1 aromatic carbocycles. The lowest BCUT2D eigenvalue weighted by molar-refractivity contribution is -0.141. The topological polar surface area (TPSA) is 125 Å². The Balaban J connectivity index is 2.02. The lowest BCUT2D eigenvalue weighted by atomic mass is 9.67. The molecule has 0 radical (unpaired) electrons. The Morgan fingerprint density at radius 3 is 2.37 bits per heavy atom. The summed E-state index contributed by atoms with van der Waals surface area (Å²) in [7, 11) is 1.17. The molecule has 192 valence electrons. The number of anilines is 1. The highest BCUT2D eigenvalue weighted by atomic mass is 32.2. The van der Waals surface area contributed by atoms with Gasteiger partial charge in [0, 0.05) is 30.0 Å². The maximum absolute atomic E-state index is 14.7. The van der Waals surface area contributed by atoms with E-state index in [0.717, 1.165) is 37.6 Å². The number of primary amides is 1. The van der Waals surface area contributed by atoms with Crippen molar-refractivity contribution in [3.63, 3.8) is 0 Å². The van der Waals surface area contributed by atoms with Gasteiger partial charge in [0.2, 0.25) is 5.91 Å². The molecule has 0 saturated heterocycles. The summed E-state index contributed by atoms with van der Waals surface area (Å²) in [6, 6.07) is 5.76. The van der Waals surface area contributed by atoms with Gasteiger partial charge in [-0.3, -0.25) is 14.0 Å². The highest BCUT2D eigenvalue weighted by molar-refractivity contribution is 7.80. The van der Waals surface area contributed by atoms with Crippen LogP contribution in [-0.4, -0.2) is 26.7 Å². The van der Waals surface area contributed by atoms with Crippen LogP contribution >= 0.6 is 0 Å². The van der Waals surface area contributed by atoms with Crippen LogP contribution in [0.4, 0.5) is 23.2 Å². The number of benzene rings is 1. The second-order valence-corrected chi connectivity index (χ2v) is 9.87. The van der Waals surface area contributed by atoms with Crippen molar-refractivity contribution in [1.29, 1.82) is 0 Å². The van der Waals surface area contributed by atoms with Crippen LogP contribution in [-0.2, 0) is 27.8 Å². The number of hydrogen-bond acceptors (Lipinski definition) is 5. The molecule has 3 atom stereocenters. The van der Waals surface area contributed by atoms with Crippen molar-refractivity contribution in [2.24, 2.45) is 17.4 Å². The number of amides is 1. The van der Waals surface area contributed by atoms with E-state index >= 15 is 0 Å². The van der Waals surface area contributed by atoms with Crippen LogP contribution in [0.5, 0.6) is 0 Å². The van der Waals surface area contributed by atoms with Crippen LogP contribution in [0, 0.1) is 11.7 Å². The van der Waals surface area contributed by atoms with E-state index in [-0.39, 0.29) is 23.6 Å². The standard InChI is InChI=1S/C23H28F4N4O3S/c1-31(35(33)34)19-9-7-14(11-18(19)24)17(21(28)32)12-22(29,15-5-3-2-4-6-15)16-8-10-20(30-13-16)23(25,26)27/h7-11,13,15,17H,2-6,12,29H2,1H3,(H2,28,32)(H,33,34)/p-1. The van der Waals surface area contributed by atoms with Gasteiger partial charge in [-0.1, -0.05) is 31.4 Å². The summed E-state index contributed by atoms with van der Waals surface area (Å²) in [5.74, 6) is -2.90. The van der Waals surface area contributed by atoms with E-state index in [1.807, 2.05) is 0 Å². The molecule has 1 aliphatic carbocycles. The third-order valence-electron chi connectivity index (χ3n) is 6.75. The second-order valence-electron chi connectivity index (χ2n) is 8.89. The van der Waals surface area contributed by atoms with E-state index in [1.165, 1.54) is 25.2 Å². The summed E-state index contributed by atoms with van der Waals surface area (Å²) < 4.78 is 76.9. The van der Waals surface area contributed by atoms with Gasteiger partial charge in [0.05, 0.1) is 11.6 Å². The van der Waals surface area contributed by atoms with Gasteiger partial charge in [-0.2, -0.15) is 13.2 Å². The quantitative estimate of drug-likeness (QED) is 0.408. The Bertz CT molecular complexity index is 1080. The van der Waals surface area contributed by atoms with Crippen molar-refractivity contribution in [3.05, 3.63) is 59.2 Å². The number of nitrogens with zero attached hydrogens (tertiary/aromatic N) is 2. The van der Waals surface area contributed by atoms with Crippen LogP contribution in [0.25, 0.3) is 0 Å². The number of nitrogens with two attached hydrogens (primary N) is 2. The molecule has 7 nitrogen and oxygen atoms in total. The van der Waals surface area contributed by atoms with Crippen molar-refractivity contribution < 1.29 is 31.1 Å². The summed E-state index contributed by atoms with van der Waals surface area (Å²) in [5, 5.41) is 0. The van der Waals surface area contributed by atoms with Gasteiger partial charge < -0.3 is 20.3 Å². The maximum atomic E-state index is 14.7. The van der Waals surface area contributed by atoms with E-state index in [4.69, 9.17) is 11.5 Å². The van der Waals surface area contributed by atoms with Crippen LogP contribution in [0.1, 0.15) is 61.3 Å². The van der Waals surface area contributed by atoms with Crippen molar-refractivity contribution in [2.75, 3.05) is 11.4 Å². The fraction of sp³-hybridized carbons (Fsp3) is 0.478. The van der Waals surface area contributed by atoms with Gasteiger partial charge in [-0.25, -0.2) is 4.39 Å². The summed E-state index contributed by atoms with van der Waals surface area (Å²) in [6.45, 7) is 0. The van der Waals surface area contributed by atoms with E-state index in [1.54, 1.807) is 0 Å². The number of rotatable bonds is 8. The molecule has 12 heteroatoms. The minimum absolute atomic E-state index is 0.0812. The summed E-state index contributed by atoms with van der Waals surface area (Å²) in [4.78, 5) is 16.0. The minimum atomic E-state index is -4.61. The lowest BCUT2D eigenvalue weighted by Crippen LogP contribution is -2.47. The van der Waals surface area contributed by atoms with Crippen LogP contribution < -0.4 is 15.8 Å². The molecule has 1 saturated carbocycles. The molecule has 2 aromatic rings. The monoisotopic (exact) mass is 515 g/mol. The van der Waals surface area contributed by atoms with Gasteiger partial charge in [-0.15, -0.1) is 0 Å². The maximum Gasteiger partial charge on any atom is 0.433 e. The predicted molar refractivity (Wildman–Crippen MR) is 122 cm³/mol. The number of pyridine rings is 1. The average Bonchev–Trinajstić information content (AvgIpc) is 2.81. The van der Waals surface area contributed by atoms with E-state index in [2.05, 4.69) is 4.98 Å². The largest absolute Gasteiger partial charge is 0.755 e. The van der Waals surface area contributed by atoms with Gasteiger partial charge >= 0.3 is 6.18 Å². The SMILES string of the molecule is CN(c1ccc(C(CC(N)(c2ccc(C(F)(F)F)nc2)C2CCCCC2)C(N)=O)cc1F)S(=O)[O-]. The van der Waals surface area contributed by atoms with E-state index in [0.29, 0.717) is 22.7 Å². The van der Waals surface area contributed by atoms with Gasteiger partial charge in [0.15, 0.2) is 0 Å². The number of hydrogen-bond donors (Lipinski definition) is 2. The molecule has 1 amide bonds. The molecule has 35 heavy (non-hydrogen) atoms. The Morgan fingerprint density at radius 1 is 1.23 bits per heavy atom. The van der Waals surface area contributed by atoms with Crippen LogP contribution in [0.15, 0.2) is 36.5 Å². The first-order valence-electron chi connectivity index (χ1n) is 11.1. The Hall–Kier alpha value is -2.57. The molecule has 4 N–H and O–H groups in total. The Morgan fingerprint density at radius 2 is 1.89 bits per heavy atom. The first-order valence-corrected chi connectivity index (χ1v) is 12.1. The summed E-state index contributed by atoms with van der Waals surface area (Å²) in [5.41, 5.74) is 10.5. The number of carbonyl (C=O) groups excluding carboxylic acids is 1. The smallest absolute Gasteiger partial charge is 0.433 e. The molecule has 0 aliphatic heterocycles. The molecule has 1 heterocycles. The molecule has 1 aromatic heterocycles. The highest BCUT2D eigenvalue weighted by Crippen LogP contribution is 2.44. The van der Waals surface area contributed by atoms with E-state index < -0.39 is 46.3 Å². The first-order chi connectivity index (χ1) is 16.3. The van der Waals surface area contributed by atoms with Crippen molar-refractivity contribution in [1.82, 2.24) is 4.98 Å². The number of halogens is 4. The van der Waals surface area contributed by atoms with Crippen molar-refractivity contribution >= 4 is 22.9 Å². The zero-order chi connectivity index (χ0) is 26.0. The third-order valence-corrected chi connectivity index (χ3v) is 7.39. The van der Waals surface area contributed by atoms with Gasteiger partial charge in [0.25, 0.3) is 0 Å². The summed E-state index contributed by atoms with van der Waals surface area (Å²) in [6.07, 6.45) is 0.545. The number of aromatic nitrogens is 1. The Kier molecular flexibility index (Phi) is 8.17. The average molecular weight is 516 g/mol. The zero-order valence-electron chi connectivity index (χ0n) is 19.1. The molecule has 1 fully saturated rings. The predicted octanol–water partition coefficient (Wildman–Crippen LogP) is 3.86. The molecular weight excluding hydrogens is 488 g/mol. The number of carbonyl (C=O) groups is 1. The third kappa shape index (κ3) is 5.99. The first kappa shape index (κ1) is 27.0. The fourth-order valence-electron chi connectivity index (χ4n) is 4.77. The normalized spacial score (nSPS) is 18.5. The van der Waals surface area contributed by atoms with Gasteiger partial charge in [-0.05, 0) is 54.5 Å². The number of alkyl halides is 3. The lowest BCUT2D eigenvalue weighted by Gasteiger charge is -2.42. The molecule has 0 spiro atoms. The van der Waals surface area contributed by atoms with Crippen LogP contribution in [0.2, 0.25) is 0 Å². The fourth-order valence-corrected chi connectivity index (χ4v) is 5.08. The van der Waals surface area contributed by atoms with Crippen LogP contribution in [0.3, 0.4) is 0 Å². The highest BCUT2D eigenvalue weighted by Gasteiger charge is 2.42. The molecule has 0 bridgehead atoms. The van der Waals surface area contributed by atoms with Crippen molar-refractivity contribution in [3.8, 4) is 0 Å². The molecule has 3 rings (SSSR count). The van der Waals surface area contributed by atoms with E-state index in [9.17, 15) is 31.1 Å². The molecule has 3 unspecified atom stereocenters. The van der Waals surface area contributed by atoms with Crippen molar-refractivity contribution in [2.45, 2.75) is 56.2 Å². The zero-order valence-corrected chi connectivity index (χ0v) is 19.9. The van der Waals surface area contributed by atoms with Gasteiger partial charge in [0.1, 0.15) is 11.5 Å². The minimum Gasteiger partial charge on any atom is -0.755 e. The second kappa shape index (κ2) is 10.6. The Labute approximate surface area is 203 Å². The molecule has 1 aliphatic rings. The summed E-state index contributed by atoms with van der Waals surface area (Å²) >= 11 is -2.71. The molecular formula is C23H27F4N4O3S-.